The minimum atomic E-state index is -0.476. The second kappa shape index (κ2) is 11.5. The summed E-state index contributed by atoms with van der Waals surface area (Å²) in [5.41, 5.74) is 3.12. The zero-order chi connectivity index (χ0) is 27.3. The fourth-order valence-corrected chi connectivity index (χ4v) is 4.55. The number of oxazole rings is 1. The standard InChI is InChI=1S/C29H27FN6O4/c30-20-7-4-10-32-22(20)17-33-29(37)23-18-40-28(35-23)9-12-31-11-8-27-34-21-15-25-26(39-14-13-38-25)16-24(21)36(27)19-5-2-1-3-6-19/h1-7,10,15-16,18,31H,8-9,11-14,17H2,(H,33,37). The van der Waals surface area contributed by atoms with Gasteiger partial charge < -0.3 is 24.5 Å². The summed E-state index contributed by atoms with van der Waals surface area (Å²) in [4.78, 5) is 25.4. The van der Waals surface area contributed by atoms with Crippen LogP contribution in [-0.4, -0.2) is 51.7 Å². The van der Waals surface area contributed by atoms with Crippen LogP contribution in [0.15, 0.2) is 71.5 Å². The number of nitrogens with zero attached hydrogens (tertiary/aromatic N) is 4. The van der Waals surface area contributed by atoms with Crippen molar-refractivity contribution in [2.24, 2.45) is 0 Å². The molecule has 4 heterocycles. The van der Waals surface area contributed by atoms with Gasteiger partial charge in [0.2, 0.25) is 0 Å². The molecule has 0 bridgehead atoms. The Hall–Kier alpha value is -4.77. The summed E-state index contributed by atoms with van der Waals surface area (Å²) in [6.07, 6.45) is 3.95. The number of carbonyl (C=O) groups is 1. The number of pyridine rings is 1. The van der Waals surface area contributed by atoms with Gasteiger partial charge in [-0.05, 0) is 24.3 Å². The van der Waals surface area contributed by atoms with Crippen molar-refractivity contribution >= 4 is 16.9 Å². The Bertz CT molecular complexity index is 1630. The number of carbonyl (C=O) groups excluding carboxylic acids is 1. The summed E-state index contributed by atoms with van der Waals surface area (Å²) in [5.74, 6) is 1.85. The van der Waals surface area contributed by atoms with E-state index >= 15 is 0 Å². The van der Waals surface area contributed by atoms with Gasteiger partial charge in [0.05, 0.1) is 23.3 Å². The highest BCUT2D eigenvalue weighted by atomic mass is 19.1. The number of fused-ring (bicyclic) bond motifs is 2. The minimum Gasteiger partial charge on any atom is -0.486 e. The summed E-state index contributed by atoms with van der Waals surface area (Å²) < 4.78 is 32.9. The first-order valence-corrected chi connectivity index (χ1v) is 13.0. The van der Waals surface area contributed by atoms with E-state index in [0.29, 0.717) is 50.8 Å². The highest BCUT2D eigenvalue weighted by molar-refractivity contribution is 5.91. The van der Waals surface area contributed by atoms with Crippen molar-refractivity contribution in [1.29, 1.82) is 0 Å². The van der Waals surface area contributed by atoms with Crippen LogP contribution in [0.1, 0.15) is 27.9 Å². The zero-order valence-corrected chi connectivity index (χ0v) is 21.6. The number of aromatic nitrogens is 4. The number of hydrogen-bond acceptors (Lipinski definition) is 8. The highest BCUT2D eigenvalue weighted by Gasteiger charge is 2.19. The molecule has 2 aromatic carbocycles. The summed E-state index contributed by atoms with van der Waals surface area (Å²) in [6, 6.07) is 16.8. The molecule has 40 heavy (non-hydrogen) atoms. The molecule has 6 rings (SSSR count). The number of amides is 1. The molecule has 0 saturated carbocycles. The lowest BCUT2D eigenvalue weighted by atomic mass is 10.2. The quantitative estimate of drug-likeness (QED) is 0.257. The third-order valence-corrected chi connectivity index (χ3v) is 6.48. The topological polar surface area (TPSA) is 116 Å². The molecule has 0 radical (unpaired) electrons. The Labute approximate surface area is 229 Å². The second-order valence-electron chi connectivity index (χ2n) is 9.17. The number of nitrogens with one attached hydrogen (secondary N) is 2. The van der Waals surface area contributed by atoms with Gasteiger partial charge in [-0.2, -0.15) is 0 Å². The maximum absolute atomic E-state index is 13.7. The molecule has 0 aliphatic carbocycles. The molecule has 2 N–H and O–H groups in total. The van der Waals surface area contributed by atoms with E-state index in [9.17, 15) is 9.18 Å². The largest absolute Gasteiger partial charge is 0.486 e. The van der Waals surface area contributed by atoms with Gasteiger partial charge in [0, 0.05) is 49.9 Å². The lowest BCUT2D eigenvalue weighted by Crippen LogP contribution is -2.24. The third-order valence-electron chi connectivity index (χ3n) is 6.48. The monoisotopic (exact) mass is 542 g/mol. The molecular weight excluding hydrogens is 515 g/mol. The molecule has 0 atom stereocenters. The second-order valence-corrected chi connectivity index (χ2v) is 9.17. The summed E-state index contributed by atoms with van der Waals surface area (Å²) in [7, 11) is 0. The van der Waals surface area contributed by atoms with Crippen LogP contribution < -0.4 is 20.1 Å². The first kappa shape index (κ1) is 25.5. The fraction of sp³-hybridized carbons (Fsp3) is 0.241. The SMILES string of the molecule is O=C(NCc1ncccc1F)c1coc(CCNCCc2nc3cc4c(cc3n2-c2ccccc2)OCCO4)n1. The van der Waals surface area contributed by atoms with Gasteiger partial charge >= 0.3 is 0 Å². The molecule has 3 aromatic heterocycles. The van der Waals surface area contributed by atoms with Gasteiger partial charge in [0.1, 0.15) is 31.1 Å². The van der Waals surface area contributed by atoms with Crippen LogP contribution in [0.25, 0.3) is 16.7 Å². The highest BCUT2D eigenvalue weighted by Crippen LogP contribution is 2.35. The minimum absolute atomic E-state index is 0.0360. The van der Waals surface area contributed by atoms with Gasteiger partial charge in [-0.1, -0.05) is 18.2 Å². The predicted molar refractivity (Wildman–Crippen MR) is 144 cm³/mol. The number of halogens is 1. The van der Waals surface area contributed by atoms with Crippen LogP contribution >= 0.6 is 0 Å². The van der Waals surface area contributed by atoms with E-state index < -0.39 is 11.7 Å². The molecule has 11 heteroatoms. The lowest BCUT2D eigenvalue weighted by molar-refractivity contribution is 0.0945. The van der Waals surface area contributed by atoms with Gasteiger partial charge in [-0.25, -0.2) is 14.4 Å². The average molecular weight is 543 g/mol. The average Bonchev–Trinajstić information content (AvgIpc) is 3.60. The van der Waals surface area contributed by atoms with Crippen molar-refractivity contribution in [3.8, 4) is 17.2 Å². The number of rotatable bonds is 10. The van der Waals surface area contributed by atoms with Crippen LogP contribution in [0.5, 0.6) is 11.5 Å². The van der Waals surface area contributed by atoms with Crippen LogP contribution in [0.2, 0.25) is 0 Å². The lowest BCUT2D eigenvalue weighted by Gasteiger charge is -2.18. The van der Waals surface area contributed by atoms with Crippen LogP contribution in [0.4, 0.5) is 4.39 Å². The first-order chi connectivity index (χ1) is 19.7. The molecular formula is C29H27FN6O4. The van der Waals surface area contributed by atoms with Gasteiger partial charge in [0.15, 0.2) is 23.1 Å². The third kappa shape index (κ3) is 5.50. The summed E-state index contributed by atoms with van der Waals surface area (Å²) in [6.45, 7) is 2.29. The van der Waals surface area contributed by atoms with Gasteiger partial charge in [-0.3, -0.25) is 14.3 Å². The molecule has 0 spiro atoms. The van der Waals surface area contributed by atoms with E-state index in [4.69, 9.17) is 18.9 Å². The van der Waals surface area contributed by atoms with Crippen molar-refractivity contribution in [2.75, 3.05) is 26.3 Å². The Kier molecular flexibility index (Phi) is 7.36. The molecule has 1 amide bonds. The van der Waals surface area contributed by atoms with Crippen molar-refractivity contribution in [3.05, 3.63) is 96.0 Å². The fourth-order valence-electron chi connectivity index (χ4n) is 4.55. The molecule has 1 aliphatic rings. The number of ether oxygens (including phenoxy) is 2. The van der Waals surface area contributed by atoms with Crippen molar-refractivity contribution in [1.82, 2.24) is 30.2 Å². The molecule has 1 aliphatic heterocycles. The molecule has 0 fully saturated rings. The first-order valence-electron chi connectivity index (χ1n) is 13.0. The van der Waals surface area contributed by atoms with Crippen molar-refractivity contribution in [2.45, 2.75) is 19.4 Å². The maximum atomic E-state index is 13.7. The maximum Gasteiger partial charge on any atom is 0.273 e. The van der Waals surface area contributed by atoms with E-state index in [1.807, 2.05) is 30.3 Å². The van der Waals surface area contributed by atoms with Crippen molar-refractivity contribution in [3.63, 3.8) is 0 Å². The van der Waals surface area contributed by atoms with E-state index in [1.54, 1.807) is 0 Å². The Balaban J connectivity index is 1.06. The van der Waals surface area contributed by atoms with Crippen LogP contribution in [-0.2, 0) is 19.4 Å². The Morgan fingerprint density at radius 3 is 2.60 bits per heavy atom. The van der Waals surface area contributed by atoms with Gasteiger partial charge in [0.25, 0.3) is 5.91 Å². The number of imidazole rings is 1. The zero-order valence-electron chi connectivity index (χ0n) is 21.6. The van der Waals surface area contributed by atoms with Crippen LogP contribution in [0.3, 0.4) is 0 Å². The molecule has 5 aromatic rings. The van der Waals surface area contributed by atoms with E-state index in [0.717, 1.165) is 28.3 Å². The van der Waals surface area contributed by atoms with Gasteiger partial charge in [-0.15, -0.1) is 0 Å². The van der Waals surface area contributed by atoms with E-state index in [1.165, 1.54) is 24.6 Å². The summed E-state index contributed by atoms with van der Waals surface area (Å²) in [5, 5.41) is 6.01. The van der Waals surface area contributed by atoms with Crippen molar-refractivity contribution < 1.29 is 23.1 Å². The Morgan fingerprint density at radius 2 is 1.77 bits per heavy atom. The Morgan fingerprint density at radius 1 is 0.975 bits per heavy atom. The number of para-hydroxylation sites is 1. The summed E-state index contributed by atoms with van der Waals surface area (Å²) >= 11 is 0. The normalized spacial score (nSPS) is 12.5. The van der Waals surface area contributed by atoms with E-state index in [-0.39, 0.29) is 17.9 Å². The van der Waals surface area contributed by atoms with Crippen LogP contribution in [0, 0.1) is 5.82 Å². The number of benzene rings is 2. The van der Waals surface area contributed by atoms with E-state index in [2.05, 4.69) is 37.3 Å². The molecule has 0 unspecified atom stereocenters. The molecule has 204 valence electrons. The molecule has 10 nitrogen and oxygen atoms in total. The molecule has 0 saturated heterocycles. The smallest absolute Gasteiger partial charge is 0.273 e. The number of hydrogen-bond donors (Lipinski definition) is 2. The predicted octanol–water partition coefficient (Wildman–Crippen LogP) is 3.62.